The Morgan fingerprint density at radius 1 is 1.36 bits per heavy atom. The maximum Gasteiger partial charge on any atom is 0.150 e. The number of carbonyl (C=O) groups excluding carboxylic acids is 1. The first-order chi connectivity index (χ1) is 10.7. The van der Waals surface area contributed by atoms with Gasteiger partial charge in [-0.15, -0.1) is 0 Å². The van der Waals surface area contributed by atoms with Crippen molar-refractivity contribution < 1.29 is 4.79 Å². The number of aromatic nitrogens is 3. The van der Waals surface area contributed by atoms with Crippen LogP contribution in [0.25, 0.3) is 16.7 Å². The lowest BCUT2D eigenvalue weighted by atomic mass is 10.0. The summed E-state index contributed by atoms with van der Waals surface area (Å²) in [5.41, 5.74) is 2.01. The normalized spacial score (nSPS) is 10.5. The first-order valence-corrected chi connectivity index (χ1v) is 7.04. The highest BCUT2D eigenvalue weighted by Crippen LogP contribution is 2.27. The van der Waals surface area contributed by atoms with E-state index in [1.165, 1.54) is 0 Å². The number of nitrogens with zero attached hydrogens (tertiary/aromatic N) is 4. The average Bonchev–Trinajstić information content (AvgIpc) is 3.06. The van der Waals surface area contributed by atoms with E-state index in [2.05, 4.69) is 16.0 Å². The predicted octanol–water partition coefficient (Wildman–Crippen LogP) is 3.34. The van der Waals surface area contributed by atoms with Crippen molar-refractivity contribution in [1.29, 1.82) is 5.26 Å². The number of pyridine rings is 1. The minimum Gasteiger partial charge on any atom is -0.298 e. The lowest BCUT2D eigenvalue weighted by molar-refractivity contribution is 0.112. The number of carbonyl (C=O) groups is 1. The van der Waals surface area contributed by atoms with Crippen LogP contribution in [0.5, 0.6) is 0 Å². The van der Waals surface area contributed by atoms with Gasteiger partial charge in [0.2, 0.25) is 0 Å². The number of hydrogen-bond acceptors (Lipinski definition) is 4. The molecule has 1 aromatic carbocycles. The zero-order valence-electron chi connectivity index (χ0n) is 11.5. The highest BCUT2D eigenvalue weighted by Gasteiger charge is 2.10. The van der Waals surface area contributed by atoms with Crippen LogP contribution in [0.2, 0.25) is 5.02 Å². The molecule has 108 valence electrons. The van der Waals surface area contributed by atoms with Crippen molar-refractivity contribution >= 4 is 28.8 Å². The van der Waals surface area contributed by atoms with Crippen molar-refractivity contribution in [2.75, 3.05) is 0 Å². The van der Waals surface area contributed by atoms with Crippen molar-refractivity contribution in [2.24, 2.45) is 0 Å². The molecule has 0 radical (unpaired) electrons. The van der Waals surface area contributed by atoms with Crippen molar-refractivity contribution in [3.8, 4) is 11.9 Å². The molecule has 5 nitrogen and oxygen atoms in total. The van der Waals surface area contributed by atoms with Gasteiger partial charge in [-0.05, 0) is 30.2 Å². The van der Waals surface area contributed by atoms with Crippen LogP contribution in [0.3, 0.4) is 0 Å². The molecule has 0 N–H and O–H groups in total. The summed E-state index contributed by atoms with van der Waals surface area (Å²) >= 11 is 6.25. The van der Waals surface area contributed by atoms with Crippen LogP contribution in [-0.2, 0) is 6.42 Å². The summed E-state index contributed by atoms with van der Waals surface area (Å²) in [6.07, 6.45) is 6.74. The smallest absolute Gasteiger partial charge is 0.150 e. The van der Waals surface area contributed by atoms with Crippen LogP contribution in [0.4, 0.5) is 0 Å². The Morgan fingerprint density at radius 3 is 2.91 bits per heavy atom. The topological polar surface area (TPSA) is 71.6 Å². The van der Waals surface area contributed by atoms with Gasteiger partial charge in [0.25, 0.3) is 0 Å². The SMILES string of the molecule is N#CCCc1cc2c(C=O)cc(-n3ccnc3)nc2cc1Cl. The molecule has 0 aliphatic rings. The zero-order valence-corrected chi connectivity index (χ0v) is 12.3. The van der Waals surface area contributed by atoms with Crippen molar-refractivity contribution in [1.82, 2.24) is 14.5 Å². The Labute approximate surface area is 131 Å². The van der Waals surface area contributed by atoms with Gasteiger partial charge in [0.05, 0.1) is 11.6 Å². The molecule has 3 aromatic rings. The summed E-state index contributed by atoms with van der Waals surface area (Å²) in [6.45, 7) is 0. The zero-order chi connectivity index (χ0) is 15.5. The van der Waals surface area contributed by atoms with Gasteiger partial charge in [-0.2, -0.15) is 5.26 Å². The Morgan fingerprint density at radius 2 is 2.23 bits per heavy atom. The molecule has 2 heterocycles. The molecular formula is C16H11ClN4O. The average molecular weight is 311 g/mol. The molecule has 0 atom stereocenters. The second-order valence-electron chi connectivity index (χ2n) is 4.78. The summed E-state index contributed by atoms with van der Waals surface area (Å²) in [5.74, 6) is 0.605. The van der Waals surface area contributed by atoms with Crippen molar-refractivity contribution in [2.45, 2.75) is 12.8 Å². The molecule has 0 fully saturated rings. The van der Waals surface area contributed by atoms with Gasteiger partial charge in [0.15, 0.2) is 6.29 Å². The third-order valence-corrected chi connectivity index (χ3v) is 3.75. The van der Waals surface area contributed by atoms with Crippen LogP contribution in [0, 0.1) is 11.3 Å². The van der Waals surface area contributed by atoms with Gasteiger partial charge >= 0.3 is 0 Å². The Bertz CT molecular complexity index is 881. The minimum absolute atomic E-state index is 0.377. The van der Waals surface area contributed by atoms with Crippen LogP contribution < -0.4 is 0 Å². The molecular weight excluding hydrogens is 300 g/mol. The molecule has 0 amide bonds. The fraction of sp³-hybridized carbons (Fsp3) is 0.125. The van der Waals surface area contributed by atoms with Gasteiger partial charge in [-0.3, -0.25) is 9.36 Å². The monoisotopic (exact) mass is 310 g/mol. The van der Waals surface area contributed by atoms with E-state index in [4.69, 9.17) is 16.9 Å². The van der Waals surface area contributed by atoms with Crippen LogP contribution in [-0.4, -0.2) is 20.8 Å². The lowest BCUT2D eigenvalue weighted by Crippen LogP contribution is -1.99. The van der Waals surface area contributed by atoms with E-state index in [9.17, 15) is 4.79 Å². The van der Waals surface area contributed by atoms with Crippen LogP contribution >= 0.6 is 11.6 Å². The fourth-order valence-corrected chi connectivity index (χ4v) is 2.56. The van der Waals surface area contributed by atoms with E-state index in [0.29, 0.717) is 34.8 Å². The summed E-state index contributed by atoms with van der Waals surface area (Å²) in [5, 5.41) is 9.99. The molecule has 2 aromatic heterocycles. The number of halogens is 1. The molecule has 6 heteroatoms. The number of nitriles is 1. The van der Waals surface area contributed by atoms with Gasteiger partial charge in [0.1, 0.15) is 12.1 Å². The highest BCUT2D eigenvalue weighted by molar-refractivity contribution is 6.32. The number of imidazole rings is 1. The van der Waals surface area contributed by atoms with Crippen molar-refractivity contribution in [3.05, 3.63) is 53.1 Å². The second kappa shape index (κ2) is 5.96. The molecule has 0 spiro atoms. The molecule has 0 saturated carbocycles. The fourth-order valence-electron chi connectivity index (χ4n) is 2.31. The second-order valence-corrected chi connectivity index (χ2v) is 5.18. The molecule has 0 saturated heterocycles. The van der Waals surface area contributed by atoms with Gasteiger partial charge < -0.3 is 0 Å². The molecule has 0 aliphatic heterocycles. The molecule has 22 heavy (non-hydrogen) atoms. The molecule has 0 bridgehead atoms. The van der Waals surface area contributed by atoms with E-state index >= 15 is 0 Å². The van der Waals surface area contributed by atoms with Gasteiger partial charge in [-0.1, -0.05) is 11.6 Å². The number of fused-ring (bicyclic) bond motifs is 1. The number of aryl methyl sites for hydroxylation is 1. The Kier molecular flexibility index (Phi) is 3.86. The Balaban J connectivity index is 2.20. The lowest BCUT2D eigenvalue weighted by Gasteiger charge is -2.09. The summed E-state index contributed by atoms with van der Waals surface area (Å²) in [7, 11) is 0. The summed E-state index contributed by atoms with van der Waals surface area (Å²) < 4.78 is 1.73. The summed E-state index contributed by atoms with van der Waals surface area (Å²) in [4.78, 5) is 19.9. The predicted molar refractivity (Wildman–Crippen MR) is 83.2 cm³/mol. The first-order valence-electron chi connectivity index (χ1n) is 6.66. The molecule has 0 unspecified atom stereocenters. The van der Waals surface area contributed by atoms with Gasteiger partial charge in [0, 0.05) is 34.8 Å². The first kappa shape index (κ1) is 14.2. The maximum atomic E-state index is 11.4. The van der Waals surface area contributed by atoms with Crippen molar-refractivity contribution in [3.63, 3.8) is 0 Å². The molecule has 0 aliphatic carbocycles. The van der Waals surface area contributed by atoms with E-state index in [-0.39, 0.29) is 0 Å². The standard InChI is InChI=1S/C16H11ClN4O/c17-14-8-15-13(6-11(14)2-1-3-18)12(9-22)7-16(20-15)21-5-4-19-10-21/h4-10H,1-2H2. The number of aldehydes is 1. The van der Waals surface area contributed by atoms with Crippen LogP contribution in [0.1, 0.15) is 22.3 Å². The highest BCUT2D eigenvalue weighted by atomic mass is 35.5. The minimum atomic E-state index is 0.377. The third kappa shape index (κ3) is 2.57. The van der Waals surface area contributed by atoms with E-state index in [0.717, 1.165) is 17.2 Å². The number of rotatable bonds is 4. The molecule has 3 rings (SSSR count). The van der Waals surface area contributed by atoms with Crippen LogP contribution in [0.15, 0.2) is 36.9 Å². The quantitative estimate of drug-likeness (QED) is 0.693. The van der Waals surface area contributed by atoms with Gasteiger partial charge in [-0.25, -0.2) is 9.97 Å². The third-order valence-electron chi connectivity index (χ3n) is 3.40. The largest absolute Gasteiger partial charge is 0.298 e. The van der Waals surface area contributed by atoms with E-state index < -0.39 is 0 Å². The van der Waals surface area contributed by atoms with E-state index in [1.807, 2.05) is 6.07 Å². The number of benzene rings is 1. The Hall–Kier alpha value is -2.71. The van der Waals surface area contributed by atoms with E-state index in [1.54, 1.807) is 35.4 Å². The maximum absolute atomic E-state index is 11.4. The number of hydrogen-bond donors (Lipinski definition) is 0. The summed E-state index contributed by atoms with van der Waals surface area (Å²) in [6, 6.07) is 7.37.